The van der Waals surface area contributed by atoms with Crippen LogP contribution in [0.15, 0.2) is 42.5 Å². The van der Waals surface area contributed by atoms with Gasteiger partial charge < -0.3 is 10.2 Å². The Morgan fingerprint density at radius 3 is 2.00 bits per heavy atom. The monoisotopic (exact) mass is 228 g/mol. The molecule has 2 aromatic carbocycles. The van der Waals surface area contributed by atoms with E-state index in [1.54, 1.807) is 24.3 Å². The molecule has 0 saturated heterocycles. The zero-order valence-corrected chi connectivity index (χ0v) is 10.0. The van der Waals surface area contributed by atoms with Gasteiger partial charge in [0.05, 0.1) is 0 Å². The Bertz CT molecular complexity index is 530. The predicted octanol–water partition coefficient (Wildman–Crippen LogP) is 3.89. The number of para-hydroxylation sites is 1. The minimum atomic E-state index is 0.200. The van der Waals surface area contributed by atoms with Gasteiger partial charge in [-0.1, -0.05) is 44.2 Å². The maximum absolute atomic E-state index is 9.93. The number of phenolic OH excluding ortho intramolecular Hbond substituents is 2. The van der Waals surface area contributed by atoms with E-state index in [0.717, 1.165) is 16.7 Å². The Morgan fingerprint density at radius 2 is 1.35 bits per heavy atom. The Morgan fingerprint density at radius 1 is 0.765 bits per heavy atom. The summed E-state index contributed by atoms with van der Waals surface area (Å²) in [5, 5.41) is 19.8. The molecule has 88 valence electrons. The van der Waals surface area contributed by atoms with Crippen molar-refractivity contribution in [3.63, 3.8) is 0 Å². The summed E-state index contributed by atoms with van der Waals surface area (Å²) in [5.74, 6) is 0.714. The van der Waals surface area contributed by atoms with Crippen molar-refractivity contribution < 1.29 is 10.2 Å². The molecule has 0 saturated carbocycles. The normalized spacial score (nSPS) is 10.8. The molecule has 0 unspecified atom stereocenters. The highest BCUT2D eigenvalue weighted by Crippen LogP contribution is 2.38. The quantitative estimate of drug-likeness (QED) is 0.818. The van der Waals surface area contributed by atoms with Crippen LogP contribution in [0.25, 0.3) is 11.1 Å². The van der Waals surface area contributed by atoms with E-state index >= 15 is 0 Å². The summed E-state index contributed by atoms with van der Waals surface area (Å²) in [6.07, 6.45) is 0. The Labute approximate surface area is 101 Å². The number of hydrogen-bond donors (Lipinski definition) is 2. The second-order valence-corrected chi connectivity index (χ2v) is 4.41. The molecule has 0 radical (unpaired) electrons. The molecule has 0 aliphatic carbocycles. The molecular formula is C15H16O2. The van der Waals surface area contributed by atoms with E-state index in [1.165, 1.54) is 0 Å². The molecule has 0 fully saturated rings. The Balaban J connectivity index is 2.68. The van der Waals surface area contributed by atoms with Gasteiger partial charge in [0.2, 0.25) is 0 Å². The van der Waals surface area contributed by atoms with Crippen LogP contribution in [0, 0.1) is 0 Å². The van der Waals surface area contributed by atoms with Crippen molar-refractivity contribution >= 4 is 0 Å². The third-order valence-corrected chi connectivity index (χ3v) is 2.85. The molecule has 2 nitrogen and oxygen atoms in total. The van der Waals surface area contributed by atoms with Crippen molar-refractivity contribution in [2.75, 3.05) is 0 Å². The molecule has 0 bridgehead atoms. The molecular weight excluding hydrogens is 212 g/mol. The minimum absolute atomic E-state index is 0.200. The fourth-order valence-corrected chi connectivity index (χ4v) is 2.10. The van der Waals surface area contributed by atoms with E-state index in [4.69, 9.17) is 0 Å². The first-order chi connectivity index (χ1) is 8.11. The zero-order valence-electron chi connectivity index (χ0n) is 10.0. The fourth-order valence-electron chi connectivity index (χ4n) is 2.10. The first kappa shape index (κ1) is 11.5. The van der Waals surface area contributed by atoms with Gasteiger partial charge in [-0.15, -0.1) is 0 Å². The molecule has 2 heteroatoms. The van der Waals surface area contributed by atoms with Gasteiger partial charge in [0.1, 0.15) is 11.5 Å². The lowest BCUT2D eigenvalue weighted by Gasteiger charge is -2.15. The molecule has 0 aliphatic heterocycles. The minimum Gasteiger partial charge on any atom is -0.508 e. The topological polar surface area (TPSA) is 40.5 Å². The lowest BCUT2D eigenvalue weighted by molar-refractivity contribution is 0.464. The van der Waals surface area contributed by atoms with E-state index in [9.17, 15) is 10.2 Å². The van der Waals surface area contributed by atoms with Crippen LogP contribution in [-0.2, 0) is 0 Å². The maximum Gasteiger partial charge on any atom is 0.123 e. The molecule has 2 aromatic rings. The van der Waals surface area contributed by atoms with Gasteiger partial charge in [0.25, 0.3) is 0 Å². The summed E-state index contributed by atoms with van der Waals surface area (Å²) in [7, 11) is 0. The van der Waals surface area contributed by atoms with E-state index in [2.05, 4.69) is 0 Å². The van der Waals surface area contributed by atoms with Crippen LogP contribution in [-0.4, -0.2) is 10.2 Å². The molecule has 2 N–H and O–H groups in total. The van der Waals surface area contributed by atoms with Gasteiger partial charge in [-0.05, 0) is 23.6 Å². The summed E-state index contributed by atoms with van der Waals surface area (Å²) in [5.41, 5.74) is 2.51. The number of benzene rings is 2. The van der Waals surface area contributed by atoms with E-state index < -0.39 is 0 Å². The van der Waals surface area contributed by atoms with Crippen molar-refractivity contribution in [3.05, 3.63) is 48.0 Å². The van der Waals surface area contributed by atoms with Crippen molar-refractivity contribution in [2.24, 2.45) is 0 Å². The number of aromatic hydroxyl groups is 2. The number of rotatable bonds is 2. The third kappa shape index (κ3) is 2.11. The molecule has 0 amide bonds. The van der Waals surface area contributed by atoms with Crippen LogP contribution >= 0.6 is 0 Å². The van der Waals surface area contributed by atoms with Crippen molar-refractivity contribution in [3.8, 4) is 22.6 Å². The lowest BCUT2D eigenvalue weighted by Crippen LogP contribution is -1.93. The zero-order chi connectivity index (χ0) is 12.4. The SMILES string of the molecule is CC(C)c1c(O)cccc1-c1ccccc1O. The maximum atomic E-state index is 9.93. The highest BCUT2D eigenvalue weighted by atomic mass is 16.3. The van der Waals surface area contributed by atoms with Gasteiger partial charge in [-0.25, -0.2) is 0 Å². The van der Waals surface area contributed by atoms with Crippen LogP contribution in [0.4, 0.5) is 0 Å². The lowest BCUT2D eigenvalue weighted by atomic mass is 9.91. The highest BCUT2D eigenvalue weighted by molar-refractivity contribution is 5.75. The highest BCUT2D eigenvalue weighted by Gasteiger charge is 2.14. The molecule has 2 rings (SSSR count). The predicted molar refractivity (Wildman–Crippen MR) is 69.3 cm³/mol. The van der Waals surface area contributed by atoms with Crippen LogP contribution in [0.5, 0.6) is 11.5 Å². The fraction of sp³-hybridized carbons (Fsp3) is 0.200. The molecule has 0 spiro atoms. The molecule has 0 atom stereocenters. The largest absolute Gasteiger partial charge is 0.508 e. The first-order valence-electron chi connectivity index (χ1n) is 5.71. The average Bonchev–Trinajstić information content (AvgIpc) is 2.28. The Kier molecular flexibility index (Phi) is 3.05. The number of phenols is 2. The van der Waals surface area contributed by atoms with Gasteiger partial charge in [0.15, 0.2) is 0 Å². The van der Waals surface area contributed by atoms with Crippen molar-refractivity contribution in [1.29, 1.82) is 0 Å². The van der Waals surface area contributed by atoms with E-state index in [-0.39, 0.29) is 17.4 Å². The molecule has 0 aromatic heterocycles. The van der Waals surface area contributed by atoms with Crippen LogP contribution in [0.2, 0.25) is 0 Å². The summed E-state index contributed by atoms with van der Waals surface area (Å²) in [6, 6.07) is 12.6. The second-order valence-electron chi connectivity index (χ2n) is 4.41. The van der Waals surface area contributed by atoms with Crippen LogP contribution in [0.3, 0.4) is 0 Å². The van der Waals surface area contributed by atoms with Gasteiger partial charge in [-0.2, -0.15) is 0 Å². The van der Waals surface area contributed by atoms with Crippen molar-refractivity contribution in [1.82, 2.24) is 0 Å². The van der Waals surface area contributed by atoms with Crippen LogP contribution in [0.1, 0.15) is 25.3 Å². The molecule has 17 heavy (non-hydrogen) atoms. The summed E-state index contributed by atoms with van der Waals surface area (Å²) < 4.78 is 0. The third-order valence-electron chi connectivity index (χ3n) is 2.85. The van der Waals surface area contributed by atoms with Crippen molar-refractivity contribution in [2.45, 2.75) is 19.8 Å². The summed E-state index contributed by atoms with van der Waals surface area (Å²) in [4.78, 5) is 0. The summed E-state index contributed by atoms with van der Waals surface area (Å²) >= 11 is 0. The number of hydrogen-bond acceptors (Lipinski definition) is 2. The van der Waals surface area contributed by atoms with Gasteiger partial charge in [-0.3, -0.25) is 0 Å². The molecule has 0 heterocycles. The smallest absolute Gasteiger partial charge is 0.123 e. The average molecular weight is 228 g/mol. The molecule has 0 aliphatic rings. The van der Waals surface area contributed by atoms with Gasteiger partial charge in [0, 0.05) is 11.1 Å². The standard InChI is InChI=1S/C15H16O2/c1-10(2)15-12(7-5-9-14(15)17)11-6-3-4-8-13(11)16/h3-10,16-17H,1-2H3. The second kappa shape index (κ2) is 4.50. The van der Waals surface area contributed by atoms with E-state index in [0.29, 0.717) is 0 Å². The summed E-state index contributed by atoms with van der Waals surface area (Å²) in [6.45, 7) is 4.05. The van der Waals surface area contributed by atoms with Crippen LogP contribution < -0.4 is 0 Å². The first-order valence-corrected chi connectivity index (χ1v) is 5.71. The van der Waals surface area contributed by atoms with E-state index in [1.807, 2.05) is 32.0 Å². The van der Waals surface area contributed by atoms with Gasteiger partial charge >= 0.3 is 0 Å². The Hall–Kier alpha value is -1.96.